The summed E-state index contributed by atoms with van der Waals surface area (Å²) in [6.07, 6.45) is 2.18. The predicted molar refractivity (Wildman–Crippen MR) is 107 cm³/mol. The average Bonchev–Trinajstić information content (AvgIpc) is 2.65. The van der Waals surface area contributed by atoms with Crippen molar-refractivity contribution in [3.63, 3.8) is 0 Å². The van der Waals surface area contributed by atoms with Gasteiger partial charge in [0.2, 0.25) is 0 Å². The number of carbonyl (C=O) groups is 2. The van der Waals surface area contributed by atoms with Crippen LogP contribution in [0.2, 0.25) is 0 Å². The number of piperazine rings is 1. The summed E-state index contributed by atoms with van der Waals surface area (Å²) in [6, 6.07) is 6.99. The SMILES string of the molecule is COCCCCN1CCN(C(=O)Nc2cccc(C(=O)NC(C)C)c2)CC1. The molecule has 1 fully saturated rings. The van der Waals surface area contributed by atoms with Crippen molar-refractivity contribution in [3.05, 3.63) is 29.8 Å². The molecule has 1 aliphatic rings. The number of nitrogens with one attached hydrogen (secondary N) is 2. The lowest BCUT2D eigenvalue weighted by atomic mass is 10.2. The number of anilines is 1. The summed E-state index contributed by atoms with van der Waals surface area (Å²) < 4.78 is 5.07. The van der Waals surface area contributed by atoms with Crippen LogP contribution in [-0.2, 0) is 4.74 Å². The van der Waals surface area contributed by atoms with Gasteiger partial charge in [0.25, 0.3) is 5.91 Å². The smallest absolute Gasteiger partial charge is 0.321 e. The van der Waals surface area contributed by atoms with Gasteiger partial charge in [0.05, 0.1) is 0 Å². The van der Waals surface area contributed by atoms with Crippen LogP contribution in [0.15, 0.2) is 24.3 Å². The number of urea groups is 1. The number of rotatable bonds is 8. The number of carbonyl (C=O) groups excluding carboxylic acids is 2. The summed E-state index contributed by atoms with van der Waals surface area (Å²) >= 11 is 0. The Labute approximate surface area is 162 Å². The number of methoxy groups -OCH3 is 1. The fourth-order valence-corrected chi connectivity index (χ4v) is 3.04. The first-order valence-electron chi connectivity index (χ1n) is 9.67. The van der Waals surface area contributed by atoms with Gasteiger partial charge in [0.15, 0.2) is 0 Å². The number of benzene rings is 1. The molecule has 1 heterocycles. The molecular weight excluding hydrogens is 344 g/mol. The summed E-state index contributed by atoms with van der Waals surface area (Å²) in [5.41, 5.74) is 1.18. The molecule has 1 aromatic rings. The average molecular weight is 377 g/mol. The van der Waals surface area contributed by atoms with Gasteiger partial charge in [-0.25, -0.2) is 4.79 Å². The first kappa shape index (κ1) is 21.2. The maximum absolute atomic E-state index is 12.5. The minimum absolute atomic E-state index is 0.0709. The van der Waals surface area contributed by atoms with E-state index in [2.05, 4.69) is 15.5 Å². The Hall–Kier alpha value is -2.12. The Bertz CT molecular complexity index is 613. The van der Waals surface area contributed by atoms with E-state index in [-0.39, 0.29) is 18.0 Å². The van der Waals surface area contributed by atoms with E-state index in [1.54, 1.807) is 31.4 Å². The van der Waals surface area contributed by atoms with Crippen LogP contribution in [0.1, 0.15) is 37.0 Å². The van der Waals surface area contributed by atoms with Crippen molar-refractivity contribution in [2.24, 2.45) is 0 Å². The van der Waals surface area contributed by atoms with Crippen molar-refractivity contribution in [1.82, 2.24) is 15.1 Å². The minimum atomic E-state index is -0.136. The van der Waals surface area contributed by atoms with Gasteiger partial charge in [0, 0.05) is 57.2 Å². The van der Waals surface area contributed by atoms with Gasteiger partial charge >= 0.3 is 6.03 Å². The molecule has 0 bridgehead atoms. The van der Waals surface area contributed by atoms with Gasteiger partial charge < -0.3 is 20.3 Å². The number of unbranched alkanes of at least 4 members (excludes halogenated alkanes) is 1. The van der Waals surface area contributed by atoms with Gasteiger partial charge in [-0.05, 0) is 51.4 Å². The van der Waals surface area contributed by atoms with Gasteiger partial charge in [-0.3, -0.25) is 9.69 Å². The zero-order valence-electron chi connectivity index (χ0n) is 16.7. The Morgan fingerprint density at radius 2 is 1.89 bits per heavy atom. The second-order valence-electron chi connectivity index (χ2n) is 7.17. The van der Waals surface area contributed by atoms with Gasteiger partial charge in [0.1, 0.15) is 0 Å². The normalized spacial score (nSPS) is 15.0. The highest BCUT2D eigenvalue weighted by Gasteiger charge is 2.21. The van der Waals surface area contributed by atoms with Crippen molar-refractivity contribution >= 4 is 17.6 Å². The molecule has 0 saturated carbocycles. The number of amides is 3. The van der Waals surface area contributed by atoms with Gasteiger partial charge in [-0.2, -0.15) is 0 Å². The molecule has 0 atom stereocenters. The number of hydrogen-bond acceptors (Lipinski definition) is 4. The van der Waals surface area contributed by atoms with Crippen molar-refractivity contribution in [2.45, 2.75) is 32.7 Å². The topological polar surface area (TPSA) is 73.9 Å². The van der Waals surface area contributed by atoms with Crippen LogP contribution in [0.25, 0.3) is 0 Å². The van der Waals surface area contributed by atoms with E-state index in [0.29, 0.717) is 24.3 Å². The number of ether oxygens (including phenoxy) is 1. The molecule has 150 valence electrons. The Morgan fingerprint density at radius 1 is 1.15 bits per heavy atom. The summed E-state index contributed by atoms with van der Waals surface area (Å²) in [5.74, 6) is -0.136. The molecule has 3 amide bonds. The highest BCUT2D eigenvalue weighted by molar-refractivity contribution is 5.97. The van der Waals surface area contributed by atoms with Crippen LogP contribution in [0.5, 0.6) is 0 Å². The van der Waals surface area contributed by atoms with E-state index in [4.69, 9.17) is 4.74 Å². The summed E-state index contributed by atoms with van der Waals surface area (Å²) in [6.45, 7) is 8.88. The monoisotopic (exact) mass is 376 g/mol. The molecule has 0 radical (unpaired) electrons. The molecule has 0 unspecified atom stereocenters. The lowest BCUT2D eigenvalue weighted by Gasteiger charge is -2.34. The van der Waals surface area contributed by atoms with E-state index >= 15 is 0 Å². The molecule has 0 spiro atoms. The minimum Gasteiger partial charge on any atom is -0.385 e. The predicted octanol–water partition coefficient (Wildman–Crippen LogP) is 2.40. The van der Waals surface area contributed by atoms with Crippen molar-refractivity contribution in [2.75, 3.05) is 51.8 Å². The molecule has 1 aromatic carbocycles. The quantitative estimate of drug-likeness (QED) is 0.684. The lowest BCUT2D eigenvalue weighted by Crippen LogP contribution is -2.50. The second-order valence-corrected chi connectivity index (χ2v) is 7.17. The third-order valence-electron chi connectivity index (χ3n) is 4.53. The summed E-state index contributed by atoms with van der Waals surface area (Å²) in [5, 5.41) is 5.76. The van der Waals surface area contributed by atoms with Crippen LogP contribution in [-0.4, -0.2) is 74.2 Å². The van der Waals surface area contributed by atoms with Gasteiger partial charge in [-0.1, -0.05) is 6.07 Å². The Morgan fingerprint density at radius 3 is 2.56 bits per heavy atom. The molecule has 0 aliphatic carbocycles. The zero-order chi connectivity index (χ0) is 19.6. The van der Waals surface area contributed by atoms with Crippen LogP contribution in [0.3, 0.4) is 0 Å². The fourth-order valence-electron chi connectivity index (χ4n) is 3.04. The third kappa shape index (κ3) is 7.19. The lowest BCUT2D eigenvalue weighted by molar-refractivity contribution is 0.0943. The maximum Gasteiger partial charge on any atom is 0.321 e. The molecule has 2 N–H and O–H groups in total. The van der Waals surface area contributed by atoms with Crippen LogP contribution < -0.4 is 10.6 Å². The summed E-state index contributed by atoms with van der Waals surface area (Å²) in [7, 11) is 1.73. The fraction of sp³-hybridized carbons (Fsp3) is 0.600. The first-order valence-corrected chi connectivity index (χ1v) is 9.67. The van der Waals surface area contributed by atoms with Crippen LogP contribution in [0.4, 0.5) is 10.5 Å². The molecule has 1 aliphatic heterocycles. The molecule has 7 nitrogen and oxygen atoms in total. The molecule has 27 heavy (non-hydrogen) atoms. The van der Waals surface area contributed by atoms with Gasteiger partial charge in [-0.15, -0.1) is 0 Å². The van der Waals surface area contributed by atoms with E-state index in [1.165, 1.54) is 0 Å². The zero-order valence-corrected chi connectivity index (χ0v) is 16.7. The molecule has 0 aromatic heterocycles. The summed E-state index contributed by atoms with van der Waals surface area (Å²) in [4.78, 5) is 28.8. The van der Waals surface area contributed by atoms with Crippen molar-refractivity contribution in [1.29, 1.82) is 0 Å². The highest BCUT2D eigenvalue weighted by Crippen LogP contribution is 2.13. The van der Waals surface area contributed by atoms with E-state index in [9.17, 15) is 9.59 Å². The standard InChI is InChI=1S/C20H32N4O3/c1-16(2)21-19(25)17-7-6-8-18(15-17)22-20(26)24-12-10-23(11-13-24)9-4-5-14-27-3/h6-8,15-16H,4-5,9-14H2,1-3H3,(H,21,25)(H,22,26). The molecular formula is C20H32N4O3. The number of hydrogen-bond donors (Lipinski definition) is 2. The Balaban J connectivity index is 1.80. The van der Waals surface area contributed by atoms with Crippen molar-refractivity contribution in [3.8, 4) is 0 Å². The van der Waals surface area contributed by atoms with Crippen LogP contribution >= 0.6 is 0 Å². The van der Waals surface area contributed by atoms with Crippen LogP contribution in [0, 0.1) is 0 Å². The van der Waals surface area contributed by atoms with E-state index in [0.717, 1.165) is 39.1 Å². The number of nitrogens with zero attached hydrogens (tertiary/aromatic N) is 2. The third-order valence-corrected chi connectivity index (χ3v) is 4.53. The Kier molecular flexibility index (Phi) is 8.54. The molecule has 2 rings (SSSR count). The second kappa shape index (κ2) is 10.9. The molecule has 7 heteroatoms. The highest BCUT2D eigenvalue weighted by atomic mass is 16.5. The molecule has 1 saturated heterocycles. The largest absolute Gasteiger partial charge is 0.385 e. The van der Waals surface area contributed by atoms with Crippen molar-refractivity contribution < 1.29 is 14.3 Å². The maximum atomic E-state index is 12.5. The van der Waals surface area contributed by atoms with E-state index in [1.807, 2.05) is 18.7 Å². The van der Waals surface area contributed by atoms with E-state index < -0.39 is 0 Å². The first-order chi connectivity index (χ1) is 13.0.